The van der Waals surface area contributed by atoms with E-state index in [2.05, 4.69) is 30.3 Å². The van der Waals surface area contributed by atoms with Crippen LogP contribution in [-0.4, -0.2) is 14.8 Å². The van der Waals surface area contributed by atoms with E-state index in [4.69, 9.17) is 0 Å². The van der Waals surface area contributed by atoms with Crippen molar-refractivity contribution in [2.24, 2.45) is 17.3 Å². The lowest BCUT2D eigenvalue weighted by atomic mass is 9.69. The van der Waals surface area contributed by atoms with E-state index < -0.39 is 0 Å². The normalized spacial score (nSPS) is 22.7. The van der Waals surface area contributed by atoms with E-state index in [1.54, 1.807) is 12.1 Å². The third-order valence-corrected chi connectivity index (χ3v) is 6.95. The van der Waals surface area contributed by atoms with Gasteiger partial charge in [-0.2, -0.15) is 0 Å². The van der Waals surface area contributed by atoms with E-state index in [1.165, 1.54) is 25.7 Å². The summed E-state index contributed by atoms with van der Waals surface area (Å²) in [6, 6.07) is 6.93. The van der Waals surface area contributed by atoms with Gasteiger partial charge in [0.25, 0.3) is 0 Å². The minimum absolute atomic E-state index is 0.166. The molecule has 2 nitrogen and oxygen atoms in total. The first-order valence-corrected chi connectivity index (χ1v) is 10.2. The van der Waals surface area contributed by atoms with Crippen LogP contribution in [0.5, 0.6) is 0 Å². The van der Waals surface area contributed by atoms with Crippen LogP contribution in [-0.2, 0) is 6.54 Å². The second kappa shape index (κ2) is 7.94. The Morgan fingerprint density at radius 1 is 1.16 bits per heavy atom. The van der Waals surface area contributed by atoms with Gasteiger partial charge in [-0.15, -0.1) is 11.8 Å². The summed E-state index contributed by atoms with van der Waals surface area (Å²) in [6.45, 7) is 8.07. The molecule has 1 atom stereocenters. The molecule has 4 heteroatoms. The van der Waals surface area contributed by atoms with Gasteiger partial charge in [-0.25, -0.2) is 9.37 Å². The maximum absolute atomic E-state index is 13.2. The Kier molecular flexibility index (Phi) is 5.88. The minimum Gasteiger partial charge on any atom is -0.336 e. The standard InChI is InChI=1S/C21H29FN2S/c1-21(2,3)17-6-4-16(5-7-17)20(14-24-13-12-23-15-24)25-19-10-8-18(22)9-11-19/h8-13,15-17,20H,4-7,14H2,1-3H3. The van der Waals surface area contributed by atoms with E-state index >= 15 is 0 Å². The van der Waals surface area contributed by atoms with Crippen molar-refractivity contribution in [2.75, 3.05) is 0 Å². The van der Waals surface area contributed by atoms with Crippen molar-refractivity contribution in [1.29, 1.82) is 0 Å². The topological polar surface area (TPSA) is 17.8 Å². The lowest BCUT2D eigenvalue weighted by molar-refractivity contribution is 0.147. The van der Waals surface area contributed by atoms with Crippen LogP contribution in [0.25, 0.3) is 0 Å². The second-order valence-corrected chi connectivity index (χ2v) is 9.66. The summed E-state index contributed by atoms with van der Waals surface area (Å²) in [6.07, 6.45) is 11.0. The van der Waals surface area contributed by atoms with Crippen LogP contribution in [0.4, 0.5) is 4.39 Å². The lowest BCUT2D eigenvalue weighted by Crippen LogP contribution is -2.31. The van der Waals surface area contributed by atoms with E-state index in [9.17, 15) is 4.39 Å². The van der Waals surface area contributed by atoms with Crippen LogP contribution in [0.3, 0.4) is 0 Å². The molecular formula is C21H29FN2S. The molecule has 0 amide bonds. The van der Waals surface area contributed by atoms with Gasteiger partial charge in [-0.1, -0.05) is 20.8 Å². The average molecular weight is 361 g/mol. The molecule has 1 fully saturated rings. The Balaban J connectivity index is 1.69. The first kappa shape index (κ1) is 18.5. The molecule has 0 aliphatic heterocycles. The molecule has 1 heterocycles. The number of aromatic nitrogens is 2. The van der Waals surface area contributed by atoms with Crippen molar-refractivity contribution in [3.05, 3.63) is 48.8 Å². The van der Waals surface area contributed by atoms with Gasteiger partial charge < -0.3 is 4.57 Å². The molecule has 3 rings (SSSR count). The predicted octanol–water partition coefficient (Wildman–Crippen LogP) is 6.04. The Labute approximate surface area is 155 Å². The van der Waals surface area contributed by atoms with Crippen LogP contribution in [0.1, 0.15) is 46.5 Å². The number of benzene rings is 1. The fourth-order valence-electron chi connectivity index (χ4n) is 3.93. The smallest absolute Gasteiger partial charge is 0.123 e. The summed E-state index contributed by atoms with van der Waals surface area (Å²) in [7, 11) is 0. The number of nitrogens with zero attached hydrogens (tertiary/aromatic N) is 2. The van der Waals surface area contributed by atoms with Crippen molar-refractivity contribution >= 4 is 11.8 Å². The first-order valence-electron chi connectivity index (χ1n) is 9.30. The van der Waals surface area contributed by atoms with E-state index in [0.717, 1.165) is 17.4 Å². The van der Waals surface area contributed by atoms with Crippen molar-refractivity contribution in [3.63, 3.8) is 0 Å². The summed E-state index contributed by atoms with van der Waals surface area (Å²) in [5.74, 6) is 1.37. The van der Waals surface area contributed by atoms with E-state index in [1.807, 2.05) is 42.6 Å². The molecule has 1 unspecified atom stereocenters. The van der Waals surface area contributed by atoms with E-state index in [0.29, 0.717) is 16.6 Å². The van der Waals surface area contributed by atoms with Gasteiger partial charge in [-0.3, -0.25) is 0 Å². The average Bonchev–Trinajstić information content (AvgIpc) is 3.09. The van der Waals surface area contributed by atoms with Gasteiger partial charge in [0.15, 0.2) is 0 Å². The molecular weight excluding hydrogens is 331 g/mol. The second-order valence-electron chi connectivity index (χ2n) is 8.35. The van der Waals surface area contributed by atoms with Gasteiger partial charge in [0.2, 0.25) is 0 Å². The Bertz CT molecular complexity index is 638. The number of halogens is 1. The molecule has 1 aromatic heterocycles. The highest BCUT2D eigenvalue weighted by Crippen LogP contribution is 2.44. The maximum atomic E-state index is 13.2. The van der Waals surface area contributed by atoms with Gasteiger partial charge in [0.1, 0.15) is 5.82 Å². The molecule has 0 bridgehead atoms. The molecule has 1 aliphatic rings. The summed E-state index contributed by atoms with van der Waals surface area (Å²) in [5.41, 5.74) is 0.412. The highest BCUT2D eigenvalue weighted by atomic mass is 32.2. The SMILES string of the molecule is CC(C)(C)C1CCC(C(Cn2ccnc2)Sc2ccc(F)cc2)CC1. The molecule has 0 spiro atoms. The number of thioether (sulfide) groups is 1. The molecule has 0 saturated heterocycles. The van der Waals surface area contributed by atoms with Crippen molar-refractivity contribution in [2.45, 2.75) is 63.1 Å². The summed E-state index contributed by atoms with van der Waals surface area (Å²) in [4.78, 5) is 5.34. The molecule has 25 heavy (non-hydrogen) atoms. The zero-order chi connectivity index (χ0) is 17.9. The largest absolute Gasteiger partial charge is 0.336 e. The first-order chi connectivity index (χ1) is 11.9. The molecule has 1 saturated carbocycles. The van der Waals surface area contributed by atoms with Gasteiger partial charge in [-0.05, 0) is 67.2 Å². The fourth-order valence-corrected chi connectivity index (χ4v) is 5.28. The summed E-state index contributed by atoms with van der Waals surface area (Å²) in [5, 5.41) is 0.501. The zero-order valence-corrected chi connectivity index (χ0v) is 16.3. The maximum Gasteiger partial charge on any atom is 0.123 e. The number of hydrogen-bond acceptors (Lipinski definition) is 2. The third kappa shape index (κ3) is 5.10. The molecule has 1 aromatic carbocycles. The summed E-state index contributed by atoms with van der Waals surface area (Å²) >= 11 is 1.90. The van der Waals surface area contributed by atoms with Crippen molar-refractivity contribution < 1.29 is 4.39 Å². The van der Waals surface area contributed by atoms with Crippen molar-refractivity contribution in [1.82, 2.24) is 9.55 Å². The number of hydrogen-bond donors (Lipinski definition) is 0. The number of imidazole rings is 1. The van der Waals surface area contributed by atoms with Gasteiger partial charge >= 0.3 is 0 Å². The monoisotopic (exact) mass is 360 g/mol. The summed E-state index contributed by atoms with van der Waals surface area (Å²) < 4.78 is 15.4. The highest BCUT2D eigenvalue weighted by molar-refractivity contribution is 8.00. The van der Waals surface area contributed by atoms with Crippen LogP contribution >= 0.6 is 11.8 Å². The highest BCUT2D eigenvalue weighted by Gasteiger charge is 2.33. The predicted molar refractivity (Wildman–Crippen MR) is 103 cm³/mol. The van der Waals surface area contributed by atoms with Crippen LogP contribution in [0.15, 0.2) is 47.9 Å². The molecule has 2 aromatic rings. The Morgan fingerprint density at radius 3 is 2.40 bits per heavy atom. The fraction of sp³-hybridized carbons (Fsp3) is 0.571. The number of rotatable bonds is 5. The molecule has 0 N–H and O–H groups in total. The van der Waals surface area contributed by atoms with Crippen molar-refractivity contribution in [3.8, 4) is 0 Å². The van der Waals surface area contributed by atoms with Crippen LogP contribution in [0, 0.1) is 23.1 Å². The molecule has 1 aliphatic carbocycles. The molecule has 136 valence electrons. The molecule has 0 radical (unpaired) electrons. The quantitative estimate of drug-likeness (QED) is 0.605. The van der Waals surface area contributed by atoms with Gasteiger partial charge in [0, 0.05) is 29.1 Å². The Hall–Kier alpha value is -1.29. The van der Waals surface area contributed by atoms with Gasteiger partial charge in [0.05, 0.1) is 6.33 Å². The van der Waals surface area contributed by atoms with Crippen LogP contribution < -0.4 is 0 Å². The minimum atomic E-state index is -0.166. The van der Waals surface area contributed by atoms with E-state index in [-0.39, 0.29) is 5.82 Å². The Morgan fingerprint density at radius 2 is 1.84 bits per heavy atom. The van der Waals surface area contributed by atoms with Crippen LogP contribution in [0.2, 0.25) is 0 Å². The third-order valence-electron chi connectivity index (χ3n) is 5.57. The zero-order valence-electron chi connectivity index (χ0n) is 15.5. The lowest BCUT2D eigenvalue weighted by Gasteiger charge is -2.39.